The molecule has 0 spiro atoms. The van der Waals surface area contributed by atoms with Crippen LogP contribution in [0, 0.1) is 11.8 Å². The van der Waals surface area contributed by atoms with Gasteiger partial charge in [0, 0.05) is 12.6 Å². The van der Waals surface area contributed by atoms with Gasteiger partial charge < -0.3 is 19.7 Å². The van der Waals surface area contributed by atoms with Crippen molar-refractivity contribution in [1.29, 1.82) is 0 Å². The molecule has 0 unspecified atom stereocenters. The summed E-state index contributed by atoms with van der Waals surface area (Å²) in [5, 5.41) is 3.37. The van der Waals surface area contributed by atoms with Gasteiger partial charge in [-0.2, -0.15) is 0 Å². The lowest BCUT2D eigenvalue weighted by molar-refractivity contribution is -0.148. The summed E-state index contributed by atoms with van der Waals surface area (Å²) < 4.78 is 10.5. The standard InChI is InChI=1S/C18H32N2O4/c1-18(2,3)24-17(22)20-10-7-14(16(21)23-4)12-15(20)11-13-5-8-19-9-6-13/h13-15,19H,5-12H2,1-4H3/t14-,15+/m1/s1. The van der Waals surface area contributed by atoms with E-state index in [0.29, 0.717) is 25.3 Å². The molecule has 2 heterocycles. The molecule has 2 fully saturated rings. The first-order valence-corrected chi connectivity index (χ1v) is 9.08. The Morgan fingerprint density at radius 3 is 2.42 bits per heavy atom. The number of rotatable bonds is 3. The number of piperidine rings is 2. The molecule has 6 nitrogen and oxygen atoms in total. The molecule has 2 rings (SSSR count). The third-order valence-corrected chi connectivity index (χ3v) is 4.94. The van der Waals surface area contributed by atoms with Crippen LogP contribution >= 0.6 is 0 Å². The van der Waals surface area contributed by atoms with Crippen LogP contribution in [0.5, 0.6) is 0 Å². The van der Waals surface area contributed by atoms with Gasteiger partial charge in [-0.3, -0.25) is 4.79 Å². The highest BCUT2D eigenvalue weighted by Crippen LogP contribution is 2.31. The van der Waals surface area contributed by atoms with Crippen molar-refractivity contribution in [2.75, 3.05) is 26.7 Å². The number of nitrogens with zero attached hydrogens (tertiary/aromatic N) is 1. The molecular weight excluding hydrogens is 308 g/mol. The lowest BCUT2D eigenvalue weighted by Crippen LogP contribution is -2.50. The van der Waals surface area contributed by atoms with Gasteiger partial charge in [-0.25, -0.2) is 4.79 Å². The van der Waals surface area contributed by atoms with Crippen molar-refractivity contribution in [3.8, 4) is 0 Å². The van der Waals surface area contributed by atoms with Crippen LogP contribution in [-0.4, -0.2) is 55.3 Å². The normalized spacial score (nSPS) is 26.1. The highest BCUT2D eigenvalue weighted by molar-refractivity contribution is 5.73. The number of hydrogen-bond acceptors (Lipinski definition) is 5. The number of hydrogen-bond donors (Lipinski definition) is 1. The van der Waals surface area contributed by atoms with Crippen LogP contribution in [0.1, 0.15) is 52.9 Å². The van der Waals surface area contributed by atoms with Crippen LogP contribution in [0.25, 0.3) is 0 Å². The van der Waals surface area contributed by atoms with Crippen molar-refractivity contribution in [1.82, 2.24) is 10.2 Å². The number of nitrogens with one attached hydrogen (secondary N) is 1. The Kier molecular flexibility index (Phi) is 6.49. The van der Waals surface area contributed by atoms with E-state index < -0.39 is 5.60 Å². The molecule has 0 saturated carbocycles. The summed E-state index contributed by atoms with van der Waals surface area (Å²) in [7, 11) is 1.43. The first-order valence-electron chi connectivity index (χ1n) is 9.08. The van der Waals surface area contributed by atoms with Gasteiger partial charge >= 0.3 is 12.1 Å². The van der Waals surface area contributed by atoms with Gasteiger partial charge in [-0.15, -0.1) is 0 Å². The molecule has 24 heavy (non-hydrogen) atoms. The van der Waals surface area contributed by atoms with Crippen LogP contribution < -0.4 is 5.32 Å². The number of esters is 1. The Morgan fingerprint density at radius 2 is 1.83 bits per heavy atom. The molecular formula is C18H32N2O4. The van der Waals surface area contributed by atoms with Crippen molar-refractivity contribution in [2.24, 2.45) is 11.8 Å². The first kappa shape index (κ1) is 19.0. The average molecular weight is 340 g/mol. The Bertz CT molecular complexity index is 441. The van der Waals surface area contributed by atoms with Crippen LogP contribution in [0.15, 0.2) is 0 Å². The summed E-state index contributed by atoms with van der Waals surface area (Å²) in [6.07, 6.45) is 4.26. The van der Waals surface area contributed by atoms with Crippen molar-refractivity contribution in [3.05, 3.63) is 0 Å². The maximum absolute atomic E-state index is 12.6. The monoisotopic (exact) mass is 340 g/mol. The zero-order valence-corrected chi connectivity index (χ0v) is 15.5. The molecule has 2 aliphatic heterocycles. The molecule has 2 saturated heterocycles. The summed E-state index contributed by atoms with van der Waals surface area (Å²) in [4.78, 5) is 26.4. The summed E-state index contributed by atoms with van der Waals surface area (Å²) >= 11 is 0. The van der Waals surface area contributed by atoms with Gasteiger partial charge in [0.05, 0.1) is 13.0 Å². The quantitative estimate of drug-likeness (QED) is 0.800. The summed E-state index contributed by atoms with van der Waals surface area (Å²) in [5.41, 5.74) is -0.504. The van der Waals surface area contributed by atoms with Crippen molar-refractivity contribution in [3.63, 3.8) is 0 Å². The van der Waals surface area contributed by atoms with Crippen molar-refractivity contribution >= 4 is 12.1 Å². The molecule has 2 aliphatic rings. The summed E-state index contributed by atoms with van der Waals surface area (Å²) in [5.74, 6) is 0.326. The average Bonchev–Trinajstić information content (AvgIpc) is 2.53. The fourth-order valence-electron chi connectivity index (χ4n) is 3.72. The zero-order chi connectivity index (χ0) is 17.7. The number of likely N-dealkylation sites (tertiary alicyclic amines) is 1. The second-order valence-electron chi connectivity index (χ2n) is 8.00. The van der Waals surface area contributed by atoms with Crippen LogP contribution in [0.4, 0.5) is 4.79 Å². The maximum atomic E-state index is 12.6. The van der Waals surface area contributed by atoms with E-state index in [0.717, 1.165) is 32.4 Å². The minimum atomic E-state index is -0.504. The molecule has 0 aromatic heterocycles. The van der Waals surface area contributed by atoms with Gasteiger partial charge in [-0.1, -0.05) is 0 Å². The van der Waals surface area contributed by atoms with E-state index in [1.165, 1.54) is 7.11 Å². The predicted octanol–water partition coefficient (Wildman–Crippen LogP) is 2.56. The van der Waals surface area contributed by atoms with E-state index in [1.54, 1.807) is 0 Å². The maximum Gasteiger partial charge on any atom is 0.410 e. The van der Waals surface area contributed by atoms with Gasteiger partial charge in [0.15, 0.2) is 0 Å². The van der Waals surface area contributed by atoms with Gasteiger partial charge in [0.1, 0.15) is 5.60 Å². The molecule has 0 aromatic rings. The molecule has 0 aliphatic carbocycles. The van der Waals surface area contributed by atoms with Crippen molar-refractivity contribution < 1.29 is 19.1 Å². The van der Waals surface area contributed by atoms with E-state index in [-0.39, 0.29) is 24.0 Å². The highest BCUT2D eigenvalue weighted by Gasteiger charge is 2.38. The Morgan fingerprint density at radius 1 is 1.17 bits per heavy atom. The fraction of sp³-hybridized carbons (Fsp3) is 0.889. The van der Waals surface area contributed by atoms with E-state index in [9.17, 15) is 9.59 Å². The van der Waals surface area contributed by atoms with Gasteiger partial charge in [-0.05, 0) is 71.9 Å². The molecule has 2 atom stereocenters. The minimum absolute atomic E-state index is 0.0563. The molecule has 1 N–H and O–H groups in total. The van der Waals surface area contributed by atoms with E-state index in [2.05, 4.69) is 5.32 Å². The highest BCUT2D eigenvalue weighted by atomic mass is 16.6. The topological polar surface area (TPSA) is 67.9 Å². The number of methoxy groups -OCH3 is 1. The second-order valence-corrected chi connectivity index (χ2v) is 8.00. The Hall–Kier alpha value is -1.30. The van der Waals surface area contributed by atoms with Crippen LogP contribution in [0.3, 0.4) is 0 Å². The number of carbonyl (C=O) groups excluding carboxylic acids is 2. The molecule has 1 amide bonds. The first-order chi connectivity index (χ1) is 11.3. The van der Waals surface area contributed by atoms with E-state index in [4.69, 9.17) is 9.47 Å². The third-order valence-electron chi connectivity index (χ3n) is 4.94. The lowest BCUT2D eigenvalue weighted by atomic mass is 9.83. The van der Waals surface area contributed by atoms with Crippen LogP contribution in [0.2, 0.25) is 0 Å². The molecule has 138 valence electrons. The Balaban J connectivity index is 2.05. The minimum Gasteiger partial charge on any atom is -0.469 e. The summed E-state index contributed by atoms with van der Waals surface area (Å²) in [6, 6.07) is 0.0563. The molecule has 0 radical (unpaired) electrons. The largest absolute Gasteiger partial charge is 0.469 e. The Labute approximate surface area is 145 Å². The van der Waals surface area contributed by atoms with Gasteiger partial charge in [0.25, 0.3) is 0 Å². The predicted molar refractivity (Wildman–Crippen MR) is 91.7 cm³/mol. The SMILES string of the molecule is COC(=O)[C@@H]1CCN(C(=O)OC(C)(C)C)[C@@H](CC2CCNCC2)C1. The number of ether oxygens (including phenoxy) is 2. The number of carbonyl (C=O) groups is 2. The molecule has 0 aromatic carbocycles. The summed E-state index contributed by atoms with van der Waals surface area (Å²) in [6.45, 7) is 8.27. The number of amides is 1. The molecule has 0 bridgehead atoms. The fourth-order valence-corrected chi connectivity index (χ4v) is 3.72. The zero-order valence-electron chi connectivity index (χ0n) is 15.5. The smallest absolute Gasteiger partial charge is 0.410 e. The van der Waals surface area contributed by atoms with Crippen molar-refractivity contribution in [2.45, 2.75) is 64.5 Å². The van der Waals surface area contributed by atoms with Crippen LogP contribution in [-0.2, 0) is 14.3 Å². The van der Waals surface area contributed by atoms with E-state index >= 15 is 0 Å². The van der Waals surface area contributed by atoms with E-state index in [1.807, 2.05) is 25.7 Å². The lowest BCUT2D eigenvalue weighted by Gasteiger charge is -2.41. The second kappa shape index (κ2) is 8.19. The molecule has 6 heteroatoms. The van der Waals surface area contributed by atoms with Gasteiger partial charge in [0.2, 0.25) is 0 Å². The third kappa shape index (κ3) is 5.36.